The first kappa shape index (κ1) is 24.9. The summed E-state index contributed by atoms with van der Waals surface area (Å²) in [6, 6.07) is 0.619. The summed E-state index contributed by atoms with van der Waals surface area (Å²) in [6.07, 6.45) is 3.88. The monoisotopic (exact) mass is 468 g/mol. The van der Waals surface area contributed by atoms with Gasteiger partial charge in [0, 0.05) is 45.2 Å². The second-order valence-electron chi connectivity index (χ2n) is 8.18. The first-order chi connectivity index (χ1) is 11.3. The lowest BCUT2D eigenvalue weighted by atomic mass is 9.78. The van der Waals surface area contributed by atoms with Crippen LogP contribution in [0.5, 0.6) is 0 Å². The third-order valence-corrected chi connectivity index (χ3v) is 5.15. The minimum absolute atomic E-state index is 0. The number of nitrogens with zero attached hydrogens (tertiary/aromatic N) is 2. The molecule has 25 heavy (non-hydrogen) atoms. The van der Waals surface area contributed by atoms with Gasteiger partial charge in [0.15, 0.2) is 5.96 Å². The molecule has 1 rings (SSSR count). The largest absolute Gasteiger partial charge is 0.377 e. The molecule has 6 heteroatoms. The summed E-state index contributed by atoms with van der Waals surface area (Å²) in [5.41, 5.74) is 0.183. The minimum Gasteiger partial charge on any atom is -0.377 e. The number of halogens is 1. The molecule has 1 saturated heterocycles. The van der Waals surface area contributed by atoms with Gasteiger partial charge in [-0.05, 0) is 38.6 Å². The first-order valence-corrected chi connectivity index (χ1v) is 9.56. The summed E-state index contributed by atoms with van der Waals surface area (Å²) in [7, 11) is 4.02. The lowest BCUT2D eigenvalue weighted by Gasteiger charge is -2.40. The van der Waals surface area contributed by atoms with Crippen LogP contribution in [0.2, 0.25) is 0 Å². The van der Waals surface area contributed by atoms with Crippen molar-refractivity contribution in [3.8, 4) is 0 Å². The van der Waals surface area contributed by atoms with Crippen LogP contribution in [0.4, 0.5) is 0 Å². The third kappa shape index (κ3) is 8.91. The number of hydrogen-bond donors (Lipinski definition) is 2. The van der Waals surface area contributed by atoms with Crippen LogP contribution in [-0.2, 0) is 4.74 Å². The average molecular weight is 468 g/mol. The van der Waals surface area contributed by atoms with Crippen molar-refractivity contribution in [2.24, 2.45) is 16.3 Å². The minimum atomic E-state index is 0. The van der Waals surface area contributed by atoms with Gasteiger partial charge in [0.05, 0.1) is 6.10 Å². The van der Waals surface area contributed by atoms with Crippen LogP contribution in [0.1, 0.15) is 53.9 Å². The lowest BCUT2D eigenvalue weighted by molar-refractivity contribution is -0.0835. The summed E-state index contributed by atoms with van der Waals surface area (Å²) in [4.78, 5) is 6.74. The van der Waals surface area contributed by atoms with Crippen molar-refractivity contribution in [2.45, 2.75) is 66.0 Å². The molecule has 1 heterocycles. The topological polar surface area (TPSA) is 48.9 Å². The smallest absolute Gasteiger partial charge is 0.191 e. The molecule has 1 aliphatic heterocycles. The van der Waals surface area contributed by atoms with Crippen molar-refractivity contribution in [3.05, 3.63) is 0 Å². The number of rotatable bonds is 7. The van der Waals surface area contributed by atoms with Gasteiger partial charge in [-0.1, -0.05) is 27.7 Å². The molecule has 3 unspecified atom stereocenters. The number of nitrogens with one attached hydrogen (secondary N) is 2. The molecule has 1 aliphatic rings. The summed E-state index contributed by atoms with van der Waals surface area (Å²) in [6.45, 7) is 15.1. The normalized spacial score (nSPS) is 23.1. The number of aliphatic imine (C=N–C) groups is 1. The zero-order valence-corrected chi connectivity index (χ0v) is 19.7. The van der Waals surface area contributed by atoms with Crippen molar-refractivity contribution in [3.63, 3.8) is 0 Å². The van der Waals surface area contributed by atoms with E-state index in [0.717, 1.165) is 38.6 Å². The molecule has 0 radical (unpaired) electrons. The van der Waals surface area contributed by atoms with E-state index in [-0.39, 0.29) is 29.4 Å². The van der Waals surface area contributed by atoms with Crippen molar-refractivity contribution < 1.29 is 4.74 Å². The van der Waals surface area contributed by atoms with Crippen molar-refractivity contribution in [2.75, 3.05) is 40.3 Å². The Balaban J connectivity index is 0.00000576. The van der Waals surface area contributed by atoms with Gasteiger partial charge in [0.1, 0.15) is 0 Å². The van der Waals surface area contributed by atoms with Crippen LogP contribution in [0.15, 0.2) is 4.99 Å². The molecule has 3 atom stereocenters. The highest BCUT2D eigenvalue weighted by molar-refractivity contribution is 14.0. The molecule has 0 aliphatic carbocycles. The summed E-state index contributed by atoms with van der Waals surface area (Å²) in [5.74, 6) is 1.44. The summed E-state index contributed by atoms with van der Waals surface area (Å²) >= 11 is 0. The Hall–Kier alpha value is -0.0800. The number of guanidine groups is 1. The zero-order valence-electron chi connectivity index (χ0n) is 17.4. The molecule has 0 spiro atoms. The average Bonchev–Trinajstić information content (AvgIpc) is 2.56. The molecule has 2 N–H and O–H groups in total. The highest BCUT2D eigenvalue weighted by atomic mass is 127. The van der Waals surface area contributed by atoms with Crippen LogP contribution in [0, 0.1) is 11.3 Å². The van der Waals surface area contributed by atoms with E-state index in [4.69, 9.17) is 4.74 Å². The fraction of sp³-hybridized carbons (Fsp3) is 0.947. The van der Waals surface area contributed by atoms with Crippen molar-refractivity contribution in [1.29, 1.82) is 0 Å². The number of hydrogen-bond acceptors (Lipinski definition) is 3. The summed E-state index contributed by atoms with van der Waals surface area (Å²) < 4.78 is 6.07. The maximum absolute atomic E-state index is 6.07. The van der Waals surface area contributed by atoms with E-state index in [9.17, 15) is 0 Å². The Morgan fingerprint density at radius 3 is 2.56 bits per heavy atom. The fourth-order valence-corrected chi connectivity index (χ4v) is 3.34. The van der Waals surface area contributed by atoms with Gasteiger partial charge >= 0.3 is 0 Å². The Morgan fingerprint density at radius 1 is 1.32 bits per heavy atom. The van der Waals surface area contributed by atoms with Gasteiger partial charge in [-0.25, -0.2) is 0 Å². The van der Waals surface area contributed by atoms with Crippen LogP contribution in [-0.4, -0.2) is 63.3 Å². The molecular formula is C19H41IN4O. The predicted molar refractivity (Wildman–Crippen MR) is 119 cm³/mol. The standard InChI is InChI=1S/C19H40N4O.HI/c1-8-15(2)23(7)12-11-21-18(20-6)22-14-16-10-9-13-24-17(16)19(3,4)5;/h15-17H,8-14H2,1-7H3,(H2,20,21,22);1H. The van der Waals surface area contributed by atoms with Crippen LogP contribution < -0.4 is 10.6 Å². The van der Waals surface area contributed by atoms with E-state index < -0.39 is 0 Å². The van der Waals surface area contributed by atoms with Crippen LogP contribution in [0.25, 0.3) is 0 Å². The predicted octanol–water partition coefficient (Wildman–Crippen LogP) is 3.34. The zero-order chi connectivity index (χ0) is 18.2. The van der Waals surface area contributed by atoms with E-state index in [1.807, 2.05) is 7.05 Å². The quantitative estimate of drug-likeness (QED) is 0.342. The van der Waals surface area contributed by atoms with E-state index in [2.05, 4.69) is 62.2 Å². The van der Waals surface area contributed by atoms with Crippen molar-refractivity contribution in [1.82, 2.24) is 15.5 Å². The van der Waals surface area contributed by atoms with E-state index in [0.29, 0.717) is 18.1 Å². The highest BCUT2D eigenvalue weighted by Crippen LogP contribution is 2.33. The maximum atomic E-state index is 6.07. The van der Waals surface area contributed by atoms with Crippen LogP contribution >= 0.6 is 24.0 Å². The van der Waals surface area contributed by atoms with Gasteiger partial charge in [0.2, 0.25) is 0 Å². The second-order valence-corrected chi connectivity index (χ2v) is 8.18. The van der Waals surface area contributed by atoms with E-state index in [1.165, 1.54) is 12.8 Å². The van der Waals surface area contributed by atoms with Gasteiger partial charge < -0.3 is 20.3 Å². The number of likely N-dealkylation sites (N-methyl/N-ethyl adjacent to an activating group) is 1. The van der Waals surface area contributed by atoms with Gasteiger partial charge in [-0.15, -0.1) is 24.0 Å². The fourth-order valence-electron chi connectivity index (χ4n) is 3.34. The molecular weight excluding hydrogens is 427 g/mol. The molecule has 0 aromatic heterocycles. The van der Waals surface area contributed by atoms with Crippen molar-refractivity contribution >= 4 is 29.9 Å². The van der Waals surface area contributed by atoms with E-state index >= 15 is 0 Å². The first-order valence-electron chi connectivity index (χ1n) is 9.56. The Morgan fingerprint density at radius 2 is 2.00 bits per heavy atom. The molecule has 150 valence electrons. The SMILES string of the molecule is CCC(C)N(C)CCNC(=NC)NCC1CCCOC1C(C)(C)C.I. The Bertz CT molecular complexity index is 384. The Kier molecular flexibility index (Phi) is 12.3. The second kappa shape index (κ2) is 12.3. The molecule has 1 fully saturated rings. The molecule has 0 amide bonds. The molecule has 5 nitrogen and oxygen atoms in total. The number of ether oxygens (including phenoxy) is 1. The molecule has 0 bridgehead atoms. The van der Waals surface area contributed by atoms with Gasteiger partial charge in [-0.2, -0.15) is 0 Å². The highest BCUT2D eigenvalue weighted by Gasteiger charge is 2.35. The molecule has 0 aromatic rings. The summed E-state index contributed by atoms with van der Waals surface area (Å²) in [5, 5.41) is 6.93. The van der Waals surface area contributed by atoms with E-state index in [1.54, 1.807) is 0 Å². The third-order valence-electron chi connectivity index (χ3n) is 5.15. The van der Waals surface area contributed by atoms with Crippen LogP contribution in [0.3, 0.4) is 0 Å². The molecule has 0 aromatic carbocycles. The van der Waals surface area contributed by atoms with Gasteiger partial charge in [0.25, 0.3) is 0 Å². The van der Waals surface area contributed by atoms with Gasteiger partial charge in [-0.3, -0.25) is 4.99 Å². The lowest BCUT2D eigenvalue weighted by Crippen LogP contribution is -2.48. The maximum Gasteiger partial charge on any atom is 0.191 e. The Labute approximate surface area is 172 Å². The molecule has 0 saturated carbocycles.